The number of hydrogen-bond donors (Lipinski definition) is 0. The van der Waals surface area contributed by atoms with Gasteiger partial charge in [-0.25, -0.2) is 0 Å². The molecule has 1 rings (SSSR count). The zero-order valence-electron chi connectivity index (χ0n) is 12.5. The molecule has 0 saturated heterocycles. The highest BCUT2D eigenvalue weighted by molar-refractivity contribution is 5.42. The first-order valence-electron chi connectivity index (χ1n) is 6.89. The number of rotatable bonds is 4. The molecule has 0 amide bonds. The van der Waals surface area contributed by atoms with Crippen LogP contribution < -0.4 is 0 Å². The van der Waals surface area contributed by atoms with Gasteiger partial charge >= 0.3 is 0 Å². The van der Waals surface area contributed by atoms with Crippen LogP contribution in [0.2, 0.25) is 0 Å². The van der Waals surface area contributed by atoms with E-state index in [2.05, 4.69) is 38.7 Å². The Morgan fingerprint density at radius 2 is 1.89 bits per heavy atom. The molecule has 0 saturated carbocycles. The van der Waals surface area contributed by atoms with Crippen molar-refractivity contribution in [3.63, 3.8) is 0 Å². The van der Waals surface area contributed by atoms with Crippen molar-refractivity contribution in [1.82, 2.24) is 0 Å². The quantitative estimate of drug-likeness (QED) is 0.571. The largest absolute Gasteiger partial charge is 0.381 e. The normalized spacial score (nSPS) is 11.9. The Hall–Kier alpha value is -1.52. The third kappa shape index (κ3) is 6.27. The Bertz CT molecular complexity index is 452. The summed E-state index contributed by atoms with van der Waals surface area (Å²) in [7, 11) is 0. The molecular weight excluding hydrogens is 232 g/mol. The van der Waals surface area contributed by atoms with Gasteiger partial charge < -0.3 is 4.74 Å². The van der Waals surface area contributed by atoms with Gasteiger partial charge in [0.1, 0.15) is 0 Å². The highest BCUT2D eigenvalue weighted by atomic mass is 16.5. The lowest BCUT2D eigenvalue weighted by Crippen LogP contribution is -2.08. The molecule has 0 N–H and O–H groups in total. The maximum atomic E-state index is 5.37. The summed E-state index contributed by atoms with van der Waals surface area (Å²) in [6.45, 7) is 10.1. The van der Waals surface area contributed by atoms with Crippen molar-refractivity contribution in [2.45, 2.75) is 34.1 Å². The minimum atomic E-state index is 0.0774. The van der Waals surface area contributed by atoms with E-state index in [1.54, 1.807) is 0 Å². The number of benzene rings is 1. The van der Waals surface area contributed by atoms with Crippen LogP contribution in [-0.4, -0.2) is 13.2 Å². The number of allylic oxidation sites excluding steroid dienone is 1. The van der Waals surface area contributed by atoms with Crippen LogP contribution in [0.15, 0.2) is 42.0 Å². The molecule has 102 valence electrons. The van der Waals surface area contributed by atoms with E-state index in [4.69, 9.17) is 4.74 Å². The molecule has 0 aliphatic rings. The van der Waals surface area contributed by atoms with Crippen LogP contribution in [0.4, 0.5) is 0 Å². The molecule has 19 heavy (non-hydrogen) atoms. The van der Waals surface area contributed by atoms with Crippen molar-refractivity contribution in [1.29, 1.82) is 0 Å². The summed E-state index contributed by atoms with van der Waals surface area (Å²) in [5.41, 5.74) is 2.31. The molecule has 0 fully saturated rings. The van der Waals surface area contributed by atoms with Gasteiger partial charge in [0.2, 0.25) is 0 Å². The molecular formula is C18H24O. The molecule has 0 heterocycles. The van der Waals surface area contributed by atoms with Crippen LogP contribution in [0.3, 0.4) is 0 Å². The van der Waals surface area contributed by atoms with E-state index in [0.717, 1.165) is 25.2 Å². The molecule has 0 spiro atoms. The molecule has 0 bridgehead atoms. The SMILES string of the molecule is CCOCC/C=C(\C#Cc1ccccc1)C(C)(C)C. The van der Waals surface area contributed by atoms with Gasteiger partial charge in [-0.3, -0.25) is 0 Å². The molecule has 0 aromatic heterocycles. The van der Waals surface area contributed by atoms with Gasteiger partial charge in [-0.1, -0.05) is 56.9 Å². The van der Waals surface area contributed by atoms with Crippen molar-refractivity contribution in [3.8, 4) is 11.8 Å². The second-order valence-corrected chi connectivity index (χ2v) is 5.47. The van der Waals surface area contributed by atoms with Crippen molar-refractivity contribution in [2.75, 3.05) is 13.2 Å². The maximum Gasteiger partial charge on any atom is 0.0500 e. The average molecular weight is 256 g/mol. The fraction of sp³-hybridized carbons (Fsp3) is 0.444. The van der Waals surface area contributed by atoms with E-state index >= 15 is 0 Å². The lowest BCUT2D eigenvalue weighted by atomic mass is 9.86. The van der Waals surface area contributed by atoms with Crippen LogP contribution in [0, 0.1) is 17.3 Å². The Balaban J connectivity index is 2.79. The molecule has 1 aromatic carbocycles. The molecule has 0 aliphatic carbocycles. The third-order valence-corrected chi connectivity index (χ3v) is 2.74. The van der Waals surface area contributed by atoms with Gasteiger partial charge in [-0.2, -0.15) is 0 Å². The lowest BCUT2D eigenvalue weighted by molar-refractivity contribution is 0.152. The van der Waals surface area contributed by atoms with Gasteiger partial charge in [-0.05, 0) is 30.9 Å². The summed E-state index contributed by atoms with van der Waals surface area (Å²) in [5.74, 6) is 6.54. The van der Waals surface area contributed by atoms with Gasteiger partial charge in [0, 0.05) is 17.7 Å². The zero-order valence-corrected chi connectivity index (χ0v) is 12.5. The number of hydrogen-bond acceptors (Lipinski definition) is 1. The first kappa shape index (κ1) is 15.5. The van der Waals surface area contributed by atoms with Crippen LogP contribution in [-0.2, 0) is 4.74 Å². The van der Waals surface area contributed by atoms with Gasteiger partial charge in [0.05, 0.1) is 6.61 Å². The minimum Gasteiger partial charge on any atom is -0.381 e. The topological polar surface area (TPSA) is 9.23 Å². The van der Waals surface area contributed by atoms with Crippen LogP contribution in [0.1, 0.15) is 39.7 Å². The fourth-order valence-electron chi connectivity index (χ4n) is 1.64. The first-order chi connectivity index (χ1) is 9.04. The van der Waals surface area contributed by atoms with Gasteiger partial charge in [0.15, 0.2) is 0 Å². The third-order valence-electron chi connectivity index (χ3n) is 2.74. The van der Waals surface area contributed by atoms with Crippen LogP contribution >= 0.6 is 0 Å². The smallest absolute Gasteiger partial charge is 0.0500 e. The zero-order chi connectivity index (χ0) is 14.1. The fourth-order valence-corrected chi connectivity index (χ4v) is 1.64. The summed E-state index contributed by atoms with van der Waals surface area (Å²) in [5, 5.41) is 0. The Labute approximate surface area is 117 Å². The van der Waals surface area contributed by atoms with E-state index in [1.165, 1.54) is 5.57 Å². The lowest BCUT2D eigenvalue weighted by Gasteiger charge is -2.18. The second kappa shape index (κ2) is 7.81. The highest BCUT2D eigenvalue weighted by Crippen LogP contribution is 2.24. The standard InChI is InChI=1S/C18H24O/c1-5-19-15-9-12-17(18(2,3)4)14-13-16-10-7-6-8-11-16/h6-8,10-12H,5,9,15H2,1-4H3/b17-12+. The first-order valence-corrected chi connectivity index (χ1v) is 6.89. The number of ether oxygens (including phenoxy) is 1. The molecule has 0 unspecified atom stereocenters. The summed E-state index contributed by atoms with van der Waals surface area (Å²) in [6, 6.07) is 10.1. The average Bonchev–Trinajstić information content (AvgIpc) is 2.37. The van der Waals surface area contributed by atoms with Gasteiger partial charge in [0.25, 0.3) is 0 Å². The highest BCUT2D eigenvalue weighted by Gasteiger charge is 2.14. The second-order valence-electron chi connectivity index (χ2n) is 5.47. The summed E-state index contributed by atoms with van der Waals surface area (Å²) < 4.78 is 5.37. The van der Waals surface area contributed by atoms with Crippen LogP contribution in [0.25, 0.3) is 0 Å². The molecule has 0 atom stereocenters. The summed E-state index contributed by atoms with van der Waals surface area (Å²) in [6.07, 6.45) is 3.12. The van der Waals surface area contributed by atoms with Crippen molar-refractivity contribution in [2.24, 2.45) is 5.41 Å². The van der Waals surface area contributed by atoms with Crippen LogP contribution in [0.5, 0.6) is 0 Å². The maximum absolute atomic E-state index is 5.37. The predicted molar refractivity (Wildman–Crippen MR) is 82.0 cm³/mol. The Morgan fingerprint density at radius 3 is 2.47 bits per heavy atom. The molecule has 1 nitrogen and oxygen atoms in total. The monoisotopic (exact) mass is 256 g/mol. The van der Waals surface area contributed by atoms with Crippen molar-refractivity contribution >= 4 is 0 Å². The van der Waals surface area contributed by atoms with E-state index in [1.807, 2.05) is 37.3 Å². The van der Waals surface area contributed by atoms with Gasteiger partial charge in [-0.15, -0.1) is 0 Å². The summed E-state index contributed by atoms with van der Waals surface area (Å²) in [4.78, 5) is 0. The molecule has 0 aliphatic heterocycles. The molecule has 0 radical (unpaired) electrons. The van der Waals surface area contributed by atoms with E-state index in [-0.39, 0.29) is 5.41 Å². The van der Waals surface area contributed by atoms with Crippen molar-refractivity contribution in [3.05, 3.63) is 47.5 Å². The van der Waals surface area contributed by atoms with E-state index in [9.17, 15) is 0 Å². The Morgan fingerprint density at radius 1 is 1.21 bits per heavy atom. The van der Waals surface area contributed by atoms with E-state index in [0.29, 0.717) is 0 Å². The minimum absolute atomic E-state index is 0.0774. The summed E-state index contributed by atoms with van der Waals surface area (Å²) >= 11 is 0. The van der Waals surface area contributed by atoms with E-state index < -0.39 is 0 Å². The predicted octanol–water partition coefficient (Wildman–Crippen LogP) is 4.44. The Kier molecular flexibility index (Phi) is 6.39. The molecule has 1 aromatic rings. The van der Waals surface area contributed by atoms with Crippen molar-refractivity contribution < 1.29 is 4.74 Å². The molecule has 1 heteroatoms.